The Hall–Kier alpha value is -2.47. The second kappa shape index (κ2) is 7.19. The highest BCUT2D eigenvalue weighted by Crippen LogP contribution is 2.22. The van der Waals surface area contributed by atoms with Crippen molar-refractivity contribution in [3.63, 3.8) is 0 Å². The normalized spacial score (nSPS) is 10.1. The Kier molecular flexibility index (Phi) is 5.28. The molecule has 2 rings (SSSR count). The Balaban J connectivity index is 2.05. The van der Waals surface area contributed by atoms with Gasteiger partial charge in [0.2, 0.25) is 0 Å². The van der Waals surface area contributed by atoms with Gasteiger partial charge in [-0.25, -0.2) is 9.18 Å². The molecular weight excluding hydrogens is 313 g/mol. The molecule has 120 valence electrons. The van der Waals surface area contributed by atoms with Crippen LogP contribution in [0.15, 0.2) is 48.0 Å². The Labute approximate surface area is 140 Å². The predicted molar refractivity (Wildman–Crippen MR) is 96.7 cm³/mol. The standard InChI is InChI=1S/C17H18FN3OS/c1-10-6-13(18)9-15(7-10)21-17(22)20-14-4-5-16(11(2)8-14)19-12(3)23/h4-9,19,23H,3H2,1-2H3,(H2,20,21,22). The number of nitrogens with one attached hydrogen (secondary N) is 3. The molecule has 2 aromatic carbocycles. The molecule has 0 saturated carbocycles. The van der Waals surface area contributed by atoms with Gasteiger partial charge in [-0.05, 0) is 61.4 Å². The third-order valence-corrected chi connectivity index (χ3v) is 3.18. The van der Waals surface area contributed by atoms with Crippen molar-refractivity contribution in [2.45, 2.75) is 13.8 Å². The van der Waals surface area contributed by atoms with Crippen LogP contribution in [-0.2, 0) is 0 Å². The van der Waals surface area contributed by atoms with Crippen molar-refractivity contribution >= 4 is 35.7 Å². The van der Waals surface area contributed by atoms with Crippen LogP contribution in [0.1, 0.15) is 11.1 Å². The quantitative estimate of drug-likeness (QED) is 0.602. The van der Waals surface area contributed by atoms with Gasteiger partial charge in [0.15, 0.2) is 0 Å². The van der Waals surface area contributed by atoms with Crippen LogP contribution in [-0.4, -0.2) is 6.03 Å². The fourth-order valence-corrected chi connectivity index (χ4v) is 2.26. The van der Waals surface area contributed by atoms with E-state index < -0.39 is 11.8 Å². The molecule has 0 spiro atoms. The highest BCUT2D eigenvalue weighted by Gasteiger charge is 2.06. The predicted octanol–water partition coefficient (Wildman–Crippen LogP) is 4.90. The SMILES string of the molecule is C=C(S)Nc1ccc(NC(=O)Nc2cc(C)cc(F)c2)cc1C. The first-order valence-corrected chi connectivity index (χ1v) is 7.39. The van der Waals surface area contributed by atoms with Gasteiger partial charge in [-0.15, -0.1) is 12.6 Å². The first-order chi connectivity index (χ1) is 10.8. The maximum atomic E-state index is 13.3. The summed E-state index contributed by atoms with van der Waals surface area (Å²) < 4.78 is 13.3. The summed E-state index contributed by atoms with van der Waals surface area (Å²) in [4.78, 5) is 12.0. The molecule has 0 aliphatic carbocycles. The van der Waals surface area contributed by atoms with Gasteiger partial charge in [-0.1, -0.05) is 6.58 Å². The van der Waals surface area contributed by atoms with Crippen molar-refractivity contribution in [2.24, 2.45) is 0 Å². The van der Waals surface area contributed by atoms with Crippen LogP contribution in [0, 0.1) is 19.7 Å². The smallest absolute Gasteiger partial charge is 0.323 e. The maximum absolute atomic E-state index is 13.3. The zero-order chi connectivity index (χ0) is 17.0. The van der Waals surface area contributed by atoms with E-state index in [0.29, 0.717) is 16.4 Å². The molecule has 23 heavy (non-hydrogen) atoms. The van der Waals surface area contributed by atoms with Crippen molar-refractivity contribution in [1.82, 2.24) is 0 Å². The largest absolute Gasteiger partial charge is 0.351 e. The number of carbonyl (C=O) groups excluding carboxylic acids is 1. The van der Waals surface area contributed by atoms with Gasteiger partial charge in [0, 0.05) is 17.1 Å². The van der Waals surface area contributed by atoms with Crippen molar-refractivity contribution in [3.05, 3.63) is 65.0 Å². The van der Waals surface area contributed by atoms with Gasteiger partial charge >= 0.3 is 6.03 Å². The summed E-state index contributed by atoms with van der Waals surface area (Å²) in [6.45, 7) is 7.33. The number of rotatable bonds is 4. The van der Waals surface area contributed by atoms with E-state index in [4.69, 9.17) is 0 Å². The second-order valence-electron chi connectivity index (χ2n) is 5.20. The molecule has 2 aromatic rings. The maximum Gasteiger partial charge on any atom is 0.323 e. The molecule has 6 heteroatoms. The summed E-state index contributed by atoms with van der Waals surface area (Å²) in [6, 6.07) is 9.31. The molecule has 0 unspecified atom stereocenters. The summed E-state index contributed by atoms with van der Waals surface area (Å²) in [5, 5.41) is 8.86. The molecule has 0 heterocycles. The lowest BCUT2D eigenvalue weighted by molar-refractivity contribution is 0.262. The minimum atomic E-state index is -0.436. The number of halogens is 1. The number of hydrogen-bond donors (Lipinski definition) is 4. The number of benzene rings is 2. The van der Waals surface area contributed by atoms with Gasteiger partial charge in [-0.3, -0.25) is 0 Å². The van der Waals surface area contributed by atoms with Crippen molar-refractivity contribution < 1.29 is 9.18 Å². The Morgan fingerprint density at radius 3 is 2.35 bits per heavy atom. The zero-order valence-corrected chi connectivity index (χ0v) is 13.8. The third-order valence-electron chi connectivity index (χ3n) is 3.06. The Morgan fingerprint density at radius 2 is 1.74 bits per heavy atom. The third kappa shape index (κ3) is 5.03. The average Bonchev–Trinajstić information content (AvgIpc) is 2.40. The summed E-state index contributed by atoms with van der Waals surface area (Å²) >= 11 is 4.09. The lowest BCUT2D eigenvalue weighted by Crippen LogP contribution is -2.19. The van der Waals surface area contributed by atoms with Gasteiger partial charge < -0.3 is 16.0 Å². The van der Waals surface area contributed by atoms with Crippen LogP contribution >= 0.6 is 12.6 Å². The summed E-state index contributed by atoms with van der Waals surface area (Å²) in [5.74, 6) is -0.390. The van der Waals surface area contributed by atoms with E-state index >= 15 is 0 Å². The van der Waals surface area contributed by atoms with E-state index in [-0.39, 0.29) is 0 Å². The van der Waals surface area contributed by atoms with Gasteiger partial charge in [0.1, 0.15) is 5.82 Å². The number of hydrogen-bond acceptors (Lipinski definition) is 3. The molecule has 0 saturated heterocycles. The van der Waals surface area contributed by atoms with Crippen LogP contribution in [0.4, 0.5) is 26.2 Å². The number of amides is 2. The van der Waals surface area contributed by atoms with Crippen LogP contribution < -0.4 is 16.0 Å². The molecule has 0 fully saturated rings. The lowest BCUT2D eigenvalue weighted by atomic mass is 10.2. The van der Waals surface area contributed by atoms with Crippen LogP contribution in [0.2, 0.25) is 0 Å². The fourth-order valence-electron chi connectivity index (χ4n) is 2.14. The average molecular weight is 331 g/mol. The zero-order valence-electron chi connectivity index (χ0n) is 12.9. The minimum Gasteiger partial charge on any atom is -0.351 e. The van der Waals surface area contributed by atoms with Gasteiger partial charge in [-0.2, -0.15) is 0 Å². The first kappa shape index (κ1) is 16.9. The monoisotopic (exact) mass is 331 g/mol. The second-order valence-corrected chi connectivity index (χ2v) is 5.74. The fraction of sp³-hybridized carbons (Fsp3) is 0.118. The van der Waals surface area contributed by atoms with E-state index in [0.717, 1.165) is 16.8 Å². The van der Waals surface area contributed by atoms with E-state index in [1.54, 1.807) is 19.1 Å². The molecule has 2 amide bonds. The van der Waals surface area contributed by atoms with E-state index in [1.165, 1.54) is 12.1 Å². The van der Waals surface area contributed by atoms with Crippen LogP contribution in [0.5, 0.6) is 0 Å². The van der Waals surface area contributed by atoms with Crippen molar-refractivity contribution in [3.8, 4) is 0 Å². The van der Waals surface area contributed by atoms with Gasteiger partial charge in [0.25, 0.3) is 0 Å². The van der Waals surface area contributed by atoms with E-state index in [2.05, 4.69) is 35.2 Å². The van der Waals surface area contributed by atoms with Gasteiger partial charge in [0.05, 0.1) is 5.03 Å². The number of anilines is 3. The molecule has 0 aromatic heterocycles. The molecule has 0 aliphatic rings. The molecular formula is C17H18FN3OS. The molecule has 0 atom stereocenters. The Bertz CT molecular complexity index is 741. The topological polar surface area (TPSA) is 53.2 Å². The molecule has 0 radical (unpaired) electrons. The van der Waals surface area contributed by atoms with E-state index in [9.17, 15) is 9.18 Å². The van der Waals surface area contributed by atoms with Crippen molar-refractivity contribution in [2.75, 3.05) is 16.0 Å². The summed E-state index contributed by atoms with van der Waals surface area (Å²) in [7, 11) is 0. The van der Waals surface area contributed by atoms with E-state index in [1.807, 2.05) is 19.1 Å². The first-order valence-electron chi connectivity index (χ1n) is 6.94. The molecule has 4 nitrogen and oxygen atoms in total. The molecule has 0 aliphatic heterocycles. The molecule has 3 N–H and O–H groups in total. The van der Waals surface area contributed by atoms with Crippen LogP contribution in [0.3, 0.4) is 0 Å². The lowest BCUT2D eigenvalue weighted by Gasteiger charge is -2.12. The van der Waals surface area contributed by atoms with Crippen molar-refractivity contribution in [1.29, 1.82) is 0 Å². The number of carbonyl (C=O) groups is 1. The Morgan fingerprint density at radius 1 is 1.04 bits per heavy atom. The highest BCUT2D eigenvalue weighted by atomic mass is 32.1. The molecule has 0 bridgehead atoms. The van der Waals surface area contributed by atoms with Crippen LogP contribution in [0.25, 0.3) is 0 Å². The number of aryl methyl sites for hydroxylation is 2. The summed E-state index contributed by atoms with van der Waals surface area (Å²) in [5.41, 5.74) is 3.56. The summed E-state index contributed by atoms with van der Waals surface area (Å²) in [6.07, 6.45) is 0. The number of thiol groups is 1. The number of urea groups is 1. The highest BCUT2D eigenvalue weighted by molar-refractivity contribution is 7.84. The minimum absolute atomic E-state index is 0.390.